The Morgan fingerprint density at radius 2 is 0.839 bits per heavy atom. The van der Waals surface area contributed by atoms with Crippen molar-refractivity contribution in [3.05, 3.63) is 89.8 Å². The highest BCUT2D eigenvalue weighted by Gasteiger charge is 2.40. The number of nitrogens with two attached hydrogens (primary N) is 2. The number of rotatable bonds is 15. The second-order valence-corrected chi connectivity index (χ2v) is 31.8. The summed E-state index contributed by atoms with van der Waals surface area (Å²) in [5, 5.41) is 3.48. The number of para-hydroxylation sites is 4. The summed E-state index contributed by atoms with van der Waals surface area (Å²) in [7, 11) is 0. The summed E-state index contributed by atoms with van der Waals surface area (Å²) in [5.41, 5.74) is 22.7. The smallest absolute Gasteiger partial charge is 0.130 e. The molecule has 8 aliphatic rings. The Balaban J connectivity index is 0.000000141. The van der Waals surface area contributed by atoms with Gasteiger partial charge in [-0.15, -0.1) is 0 Å². The first kappa shape index (κ1) is 70.2. The van der Waals surface area contributed by atoms with Crippen LogP contribution in [0, 0.1) is 30.1 Å². The van der Waals surface area contributed by atoms with E-state index in [1.165, 1.54) is 290 Å². The van der Waals surface area contributed by atoms with Gasteiger partial charge >= 0.3 is 0 Å². The number of nitrogens with zero attached hydrogens (tertiary/aromatic N) is 9. The van der Waals surface area contributed by atoms with Crippen LogP contribution in [-0.2, 0) is 17.5 Å². The Hall–Kier alpha value is -4.17. The van der Waals surface area contributed by atoms with E-state index in [9.17, 15) is 0 Å². The number of aromatic nitrogens is 6. The van der Waals surface area contributed by atoms with Gasteiger partial charge in [0.05, 0.1) is 44.2 Å². The molecule has 0 radical (unpaired) electrons. The third-order valence-corrected chi connectivity index (χ3v) is 24.1. The van der Waals surface area contributed by atoms with E-state index >= 15 is 0 Å². The van der Waals surface area contributed by atoms with Gasteiger partial charge < -0.3 is 45.2 Å². The fourth-order valence-electron chi connectivity index (χ4n) is 19.0. The maximum atomic E-state index is 7.04. The summed E-state index contributed by atoms with van der Waals surface area (Å²) in [4.78, 5) is 23.6. The van der Waals surface area contributed by atoms with Crippen molar-refractivity contribution in [2.75, 3.05) is 72.0 Å². The first-order valence-electron chi connectivity index (χ1n) is 39.3. The predicted molar refractivity (Wildman–Crippen MR) is 392 cm³/mol. The molecule has 3 saturated heterocycles. The summed E-state index contributed by atoms with van der Waals surface area (Å²) in [6.07, 6.45) is 45.0. The predicted octanol–water partition coefficient (Wildman–Crippen LogP) is 18.3. The molecular weight excluding hydrogens is 1140 g/mol. The molecule has 5 aliphatic carbocycles. The summed E-state index contributed by atoms with van der Waals surface area (Å²) in [6, 6.07) is 25.9. The van der Waals surface area contributed by atoms with Crippen molar-refractivity contribution in [1.82, 2.24) is 48.7 Å². The summed E-state index contributed by atoms with van der Waals surface area (Å²) in [5.74, 6) is 6.36. The number of fused-ring (bicyclic) bond motifs is 3. The van der Waals surface area contributed by atoms with E-state index in [1.807, 2.05) is 13.8 Å². The number of hydrogen-bond donors (Lipinski definition) is 3. The van der Waals surface area contributed by atoms with Gasteiger partial charge in [-0.25, -0.2) is 15.0 Å². The van der Waals surface area contributed by atoms with Crippen molar-refractivity contribution in [3.63, 3.8) is 0 Å². The minimum atomic E-state index is -0.243. The third kappa shape index (κ3) is 18.1. The maximum absolute atomic E-state index is 7.04. The lowest BCUT2D eigenvalue weighted by Crippen LogP contribution is -2.43. The van der Waals surface area contributed by atoms with Crippen molar-refractivity contribution in [1.29, 1.82) is 0 Å². The molecule has 3 aromatic heterocycles. The molecule has 0 bridgehead atoms. The molecule has 8 fully saturated rings. The molecule has 1 atom stereocenters. The molecule has 93 heavy (non-hydrogen) atoms. The minimum absolute atomic E-state index is 0.227. The fourth-order valence-corrected chi connectivity index (χ4v) is 19.0. The van der Waals surface area contributed by atoms with Gasteiger partial charge in [-0.1, -0.05) is 168 Å². The van der Waals surface area contributed by atoms with Crippen LogP contribution in [-0.4, -0.2) is 115 Å². The zero-order valence-corrected chi connectivity index (χ0v) is 59.8. The molecule has 5 saturated carbocycles. The number of nitrogens with one attached hydrogen (secondary N) is 1. The van der Waals surface area contributed by atoms with E-state index in [0.29, 0.717) is 23.5 Å². The van der Waals surface area contributed by atoms with Gasteiger partial charge in [0.1, 0.15) is 17.5 Å². The summed E-state index contributed by atoms with van der Waals surface area (Å²) < 4.78 is 7.73. The Labute approximate surface area is 564 Å². The number of hydrogen-bond acceptors (Lipinski definition) is 9. The van der Waals surface area contributed by atoms with E-state index in [4.69, 9.17) is 26.4 Å². The number of aryl methyl sites for hydroxylation is 1. The highest BCUT2D eigenvalue weighted by molar-refractivity contribution is 5.78. The van der Waals surface area contributed by atoms with Crippen LogP contribution in [0.3, 0.4) is 0 Å². The molecule has 14 rings (SSSR count). The first-order valence-corrected chi connectivity index (χ1v) is 39.3. The lowest BCUT2D eigenvalue weighted by Gasteiger charge is -2.40. The van der Waals surface area contributed by atoms with Gasteiger partial charge in [-0.05, 0) is 188 Å². The molecule has 6 aromatic rings. The Bertz CT molecular complexity index is 3150. The highest BCUT2D eigenvalue weighted by atomic mass is 15.2. The van der Waals surface area contributed by atoms with Gasteiger partial charge in [0.2, 0.25) is 0 Å². The molecule has 12 heteroatoms. The van der Waals surface area contributed by atoms with Crippen molar-refractivity contribution in [2.24, 2.45) is 34.6 Å². The number of likely N-dealkylation sites (tertiary alicyclic amines) is 3. The van der Waals surface area contributed by atoms with E-state index in [-0.39, 0.29) is 11.1 Å². The van der Waals surface area contributed by atoms with Crippen LogP contribution >= 0.6 is 0 Å². The average Bonchev–Trinajstić information content (AvgIpc) is 1.63. The Morgan fingerprint density at radius 1 is 0.441 bits per heavy atom. The normalized spacial score (nSPS) is 23.8. The second kappa shape index (κ2) is 33.9. The van der Waals surface area contributed by atoms with Crippen molar-refractivity contribution in [3.8, 4) is 0 Å². The minimum Gasteiger partial charge on any atom is -0.325 e. The number of piperidine rings is 3. The van der Waals surface area contributed by atoms with Gasteiger partial charge in [-0.2, -0.15) is 0 Å². The molecule has 3 aliphatic heterocycles. The molecular formula is C81H130N12. The van der Waals surface area contributed by atoms with Crippen LogP contribution in [0.1, 0.15) is 288 Å². The van der Waals surface area contributed by atoms with Crippen molar-refractivity contribution < 1.29 is 0 Å². The van der Waals surface area contributed by atoms with Crippen LogP contribution in [0.4, 0.5) is 0 Å². The summed E-state index contributed by atoms with van der Waals surface area (Å²) in [6.45, 7) is 26.6. The molecule has 6 heterocycles. The van der Waals surface area contributed by atoms with Crippen LogP contribution in [0.2, 0.25) is 0 Å². The Morgan fingerprint density at radius 3 is 1.30 bits per heavy atom. The largest absolute Gasteiger partial charge is 0.325 e. The fraction of sp³-hybridized carbons (Fsp3) is 0.741. The van der Waals surface area contributed by atoms with Crippen LogP contribution in [0.15, 0.2) is 66.7 Å². The second-order valence-electron chi connectivity index (χ2n) is 31.8. The molecule has 1 unspecified atom stereocenters. The van der Waals surface area contributed by atoms with E-state index < -0.39 is 0 Å². The lowest BCUT2D eigenvalue weighted by atomic mass is 9.72. The Kier molecular flexibility index (Phi) is 25.5. The molecule has 5 N–H and O–H groups in total. The molecule has 514 valence electrons. The molecule has 0 amide bonds. The number of likely N-dealkylation sites (N-methyl/N-ethyl adjacent to an activating group) is 1. The van der Waals surface area contributed by atoms with Crippen LogP contribution in [0.25, 0.3) is 33.1 Å². The van der Waals surface area contributed by atoms with Gasteiger partial charge in [0, 0.05) is 90.0 Å². The van der Waals surface area contributed by atoms with Gasteiger partial charge in [-0.3, -0.25) is 0 Å². The van der Waals surface area contributed by atoms with Crippen LogP contribution in [0.5, 0.6) is 0 Å². The van der Waals surface area contributed by atoms with Crippen LogP contribution < -0.4 is 16.8 Å². The third-order valence-electron chi connectivity index (χ3n) is 24.1. The standard InChI is InChI=1S/C27H42N4.C26H40N4.C26H42N4.C2H6/c28-27(17-9-4-10-18-27)26-29-24-13-7-8-14-25(24)31(26)23-15-19-30(20-16-23)21-22-11-5-2-1-3-6-12-22;27-26(16-8-9-17-26)25-28-23-12-6-7-13-24(23)30(25)22-14-18-29(19-15-22)20-21-10-4-2-1-3-5-11-21;1-5-27-14-10-25-28-23-17-20(2)8-9-24(23)30(25)22-11-15-29(16-12-22)19-21-7-6-13-26(3,4)18-21;1-2/h7-8,13-14,22-23H,1-6,9-12,15-21,28H2;6-7,12-13,21-22H,1-5,8-11,14-20,27H2;8-9,17,21-22,27H,5-7,10-16,18-19H2,1-4H3;1-2H3. The SMILES string of the molecule is CC.CCNCCc1nc2cc(C)ccc2n1C1CCN(CC2CCCC(C)(C)C2)CC1.NC1(c2nc3ccccc3n2C2CCN(CC3CCCCCCC3)CC2)CCCC1.NC1(c2nc3ccccc3n2C2CCN(CC3CCCCCCC3)CC2)CCCCC1. The first-order chi connectivity index (χ1) is 45.4. The van der Waals surface area contributed by atoms with Gasteiger partial charge in [0.25, 0.3) is 0 Å². The number of benzene rings is 3. The topological polar surface area (TPSA) is 127 Å². The van der Waals surface area contributed by atoms with Crippen molar-refractivity contribution >= 4 is 33.1 Å². The monoisotopic (exact) mass is 1270 g/mol. The van der Waals surface area contributed by atoms with E-state index in [0.717, 1.165) is 74.0 Å². The zero-order chi connectivity index (χ0) is 64.6. The van der Waals surface area contributed by atoms with Crippen molar-refractivity contribution in [2.45, 2.75) is 289 Å². The lowest BCUT2D eigenvalue weighted by molar-refractivity contribution is 0.109. The zero-order valence-electron chi connectivity index (χ0n) is 59.8. The molecule has 3 aromatic carbocycles. The highest BCUT2D eigenvalue weighted by Crippen LogP contribution is 2.44. The quantitative estimate of drug-likeness (QED) is 0.0861. The van der Waals surface area contributed by atoms with Gasteiger partial charge in [0.15, 0.2) is 0 Å². The molecule has 12 nitrogen and oxygen atoms in total. The van der Waals surface area contributed by atoms with E-state index in [2.05, 4.69) is 128 Å². The maximum Gasteiger partial charge on any atom is 0.130 e. The van der Waals surface area contributed by atoms with E-state index in [1.54, 1.807) is 0 Å². The molecule has 0 spiro atoms. The summed E-state index contributed by atoms with van der Waals surface area (Å²) >= 11 is 0. The average molecular weight is 1270 g/mol. The number of imidazole rings is 3.